The van der Waals surface area contributed by atoms with Gasteiger partial charge in [0.15, 0.2) is 17.3 Å². The molecular weight excluding hydrogens is 339 g/mol. The molecule has 0 fully saturated rings. The fraction of sp³-hybridized carbons (Fsp3) is 0.0769. The summed E-state index contributed by atoms with van der Waals surface area (Å²) < 4.78 is 47.9. The molecule has 3 nitrogen and oxygen atoms in total. The Morgan fingerprint density at radius 2 is 1.75 bits per heavy atom. The highest BCUT2D eigenvalue weighted by molar-refractivity contribution is 9.10. The monoisotopic (exact) mass is 347 g/mol. The molecule has 0 bridgehead atoms. The van der Waals surface area contributed by atoms with Crippen LogP contribution in [-0.2, 0) is 0 Å². The second-order valence-corrected chi connectivity index (χ2v) is 4.59. The van der Waals surface area contributed by atoms with Crippen LogP contribution < -0.4 is 15.2 Å². The third-order valence-electron chi connectivity index (χ3n) is 2.34. The predicted octanol–water partition coefficient (Wildman–Crippen LogP) is 4.56. The summed E-state index contributed by atoms with van der Waals surface area (Å²) in [4.78, 5) is 0. The van der Waals surface area contributed by atoms with Crippen LogP contribution in [0, 0.1) is 5.82 Å². The number of alkyl halides is 2. The summed E-state index contributed by atoms with van der Waals surface area (Å²) in [6.45, 7) is -3.13. The van der Waals surface area contributed by atoms with E-state index in [1.54, 1.807) is 24.3 Å². The summed E-state index contributed by atoms with van der Waals surface area (Å²) in [5.74, 6) is -1.18. The number of rotatable bonds is 4. The molecule has 2 N–H and O–H groups in total. The van der Waals surface area contributed by atoms with E-state index in [9.17, 15) is 13.2 Å². The molecule has 0 saturated carbocycles. The Morgan fingerprint density at radius 3 is 2.40 bits per heavy atom. The fourth-order valence-corrected chi connectivity index (χ4v) is 1.84. The molecule has 0 aliphatic heterocycles. The molecule has 0 atom stereocenters. The number of ether oxygens (including phenoxy) is 2. The molecule has 0 radical (unpaired) electrons. The van der Waals surface area contributed by atoms with Crippen LogP contribution in [0.1, 0.15) is 0 Å². The summed E-state index contributed by atoms with van der Waals surface area (Å²) in [5.41, 5.74) is 5.57. The number of hydrogen-bond acceptors (Lipinski definition) is 3. The molecule has 2 rings (SSSR count). The van der Waals surface area contributed by atoms with Crippen LogP contribution in [-0.4, -0.2) is 6.61 Å². The topological polar surface area (TPSA) is 44.5 Å². The highest BCUT2D eigenvalue weighted by atomic mass is 79.9. The van der Waals surface area contributed by atoms with Crippen molar-refractivity contribution < 1.29 is 22.6 Å². The molecule has 0 unspecified atom stereocenters. The number of nitrogens with two attached hydrogens (primary N) is 1. The quantitative estimate of drug-likeness (QED) is 0.824. The second-order valence-electron chi connectivity index (χ2n) is 3.73. The number of hydrogen-bond donors (Lipinski definition) is 1. The van der Waals surface area contributed by atoms with Crippen LogP contribution in [0.2, 0.25) is 0 Å². The molecule has 20 heavy (non-hydrogen) atoms. The normalized spacial score (nSPS) is 10.7. The Labute approximate surface area is 121 Å². The van der Waals surface area contributed by atoms with Gasteiger partial charge in [0.1, 0.15) is 5.75 Å². The Hall–Kier alpha value is -1.89. The number of halogens is 4. The summed E-state index contributed by atoms with van der Waals surface area (Å²) in [6, 6.07) is 8.71. The largest absolute Gasteiger partial charge is 0.454 e. The van der Waals surface area contributed by atoms with Crippen molar-refractivity contribution in [2.24, 2.45) is 0 Å². The van der Waals surface area contributed by atoms with Gasteiger partial charge >= 0.3 is 6.61 Å². The average Bonchev–Trinajstić information content (AvgIpc) is 2.37. The Balaban J connectivity index is 2.34. The van der Waals surface area contributed by atoms with Crippen molar-refractivity contribution in [3.63, 3.8) is 0 Å². The maximum atomic E-state index is 13.4. The lowest BCUT2D eigenvalue weighted by atomic mass is 10.2. The van der Waals surface area contributed by atoms with E-state index in [1.807, 2.05) is 0 Å². The van der Waals surface area contributed by atoms with Crippen molar-refractivity contribution in [2.75, 3.05) is 5.73 Å². The van der Waals surface area contributed by atoms with E-state index >= 15 is 0 Å². The van der Waals surface area contributed by atoms with E-state index in [0.717, 1.165) is 12.1 Å². The average molecular weight is 348 g/mol. The third-order valence-corrected chi connectivity index (χ3v) is 2.99. The molecular formula is C13H9BrF3NO2. The first-order chi connectivity index (χ1) is 9.47. The third kappa shape index (κ3) is 3.36. The van der Waals surface area contributed by atoms with E-state index < -0.39 is 18.2 Å². The zero-order chi connectivity index (χ0) is 14.7. The molecule has 0 spiro atoms. The number of para-hydroxylation sites is 1. The highest BCUT2D eigenvalue weighted by Crippen LogP contribution is 2.36. The van der Waals surface area contributed by atoms with Gasteiger partial charge in [0, 0.05) is 12.1 Å². The number of anilines is 1. The lowest BCUT2D eigenvalue weighted by Crippen LogP contribution is -2.05. The van der Waals surface area contributed by atoms with Crippen LogP contribution in [0.4, 0.5) is 18.9 Å². The molecule has 0 saturated heterocycles. The minimum absolute atomic E-state index is 0.0222. The predicted molar refractivity (Wildman–Crippen MR) is 71.7 cm³/mol. The zero-order valence-electron chi connectivity index (χ0n) is 9.95. The van der Waals surface area contributed by atoms with Crippen LogP contribution in [0.5, 0.6) is 17.2 Å². The summed E-state index contributed by atoms with van der Waals surface area (Å²) in [7, 11) is 0. The van der Waals surface area contributed by atoms with Gasteiger partial charge in [0.05, 0.1) is 10.2 Å². The molecule has 2 aromatic carbocycles. The van der Waals surface area contributed by atoms with Crippen LogP contribution >= 0.6 is 15.9 Å². The van der Waals surface area contributed by atoms with Gasteiger partial charge in [-0.25, -0.2) is 4.39 Å². The minimum Gasteiger partial charge on any atom is -0.454 e. The zero-order valence-corrected chi connectivity index (χ0v) is 11.5. The summed E-state index contributed by atoms with van der Waals surface area (Å²) in [5, 5.41) is 0. The maximum Gasteiger partial charge on any atom is 0.387 e. The van der Waals surface area contributed by atoms with Crippen molar-refractivity contribution in [1.29, 1.82) is 0 Å². The first-order valence-corrected chi connectivity index (χ1v) is 6.23. The molecule has 106 valence electrons. The first kappa shape index (κ1) is 14.5. The molecule has 0 amide bonds. The lowest BCUT2D eigenvalue weighted by molar-refractivity contribution is -0.0522. The smallest absolute Gasteiger partial charge is 0.387 e. The Morgan fingerprint density at radius 1 is 1.05 bits per heavy atom. The molecule has 7 heteroatoms. The Kier molecular flexibility index (Phi) is 4.39. The molecule has 0 aromatic heterocycles. The van der Waals surface area contributed by atoms with E-state index in [0.29, 0.717) is 10.2 Å². The van der Waals surface area contributed by atoms with Gasteiger partial charge in [0.2, 0.25) is 0 Å². The van der Waals surface area contributed by atoms with Crippen LogP contribution in [0.15, 0.2) is 40.9 Å². The number of benzene rings is 2. The van der Waals surface area contributed by atoms with Crippen molar-refractivity contribution in [3.05, 3.63) is 46.7 Å². The van der Waals surface area contributed by atoms with Gasteiger partial charge in [-0.1, -0.05) is 12.1 Å². The minimum atomic E-state index is -3.13. The van der Waals surface area contributed by atoms with Crippen LogP contribution in [0.25, 0.3) is 0 Å². The van der Waals surface area contributed by atoms with Crippen LogP contribution in [0.3, 0.4) is 0 Å². The number of nitrogen functional groups attached to an aromatic ring is 1. The van der Waals surface area contributed by atoms with E-state index in [-0.39, 0.29) is 11.4 Å². The Bertz CT molecular complexity index is 623. The van der Waals surface area contributed by atoms with Crippen molar-refractivity contribution >= 4 is 21.6 Å². The maximum absolute atomic E-state index is 13.4. The first-order valence-electron chi connectivity index (χ1n) is 5.43. The van der Waals surface area contributed by atoms with E-state index in [4.69, 9.17) is 10.5 Å². The molecule has 0 heterocycles. The van der Waals surface area contributed by atoms with Gasteiger partial charge in [-0.15, -0.1) is 0 Å². The molecule has 0 aliphatic rings. The lowest BCUT2D eigenvalue weighted by Gasteiger charge is -2.12. The van der Waals surface area contributed by atoms with Gasteiger partial charge in [0.25, 0.3) is 0 Å². The molecule has 0 aliphatic carbocycles. The standard InChI is InChI=1S/C13H9BrF3NO2/c14-7-3-1-2-4-10(7)19-12-6-11(20-13(16)17)8(15)5-9(12)18/h1-6,13H,18H2. The summed E-state index contributed by atoms with van der Waals surface area (Å²) >= 11 is 3.26. The second kappa shape index (κ2) is 6.04. The van der Waals surface area contributed by atoms with Gasteiger partial charge in [-0.05, 0) is 28.1 Å². The van der Waals surface area contributed by atoms with Crippen molar-refractivity contribution in [2.45, 2.75) is 6.61 Å². The summed E-state index contributed by atoms with van der Waals surface area (Å²) in [6.07, 6.45) is 0. The van der Waals surface area contributed by atoms with Gasteiger partial charge in [-0.3, -0.25) is 0 Å². The van der Waals surface area contributed by atoms with E-state index in [2.05, 4.69) is 20.7 Å². The van der Waals surface area contributed by atoms with Gasteiger partial charge < -0.3 is 15.2 Å². The van der Waals surface area contributed by atoms with E-state index in [1.165, 1.54) is 0 Å². The van der Waals surface area contributed by atoms with Crippen molar-refractivity contribution in [3.8, 4) is 17.2 Å². The SMILES string of the molecule is Nc1cc(F)c(OC(F)F)cc1Oc1ccccc1Br. The molecule has 2 aromatic rings. The van der Waals surface area contributed by atoms with Crippen molar-refractivity contribution in [1.82, 2.24) is 0 Å². The highest BCUT2D eigenvalue weighted by Gasteiger charge is 2.15. The van der Waals surface area contributed by atoms with Gasteiger partial charge in [-0.2, -0.15) is 8.78 Å². The fourth-order valence-electron chi connectivity index (χ4n) is 1.47.